The number of carbonyl (C=O) groups excluding carboxylic acids is 1. The first kappa shape index (κ1) is 13.4. The van der Waals surface area contributed by atoms with E-state index in [9.17, 15) is 4.79 Å². The monoisotopic (exact) mass is 265 g/mol. The Morgan fingerprint density at radius 1 is 1.39 bits per heavy atom. The zero-order valence-electron chi connectivity index (χ0n) is 11.0. The Bertz CT molecular complexity index is 442. The van der Waals surface area contributed by atoms with E-state index >= 15 is 0 Å². The van der Waals surface area contributed by atoms with Gasteiger partial charge < -0.3 is 5.32 Å². The predicted octanol–water partition coefficient (Wildman–Crippen LogP) is 2.93. The van der Waals surface area contributed by atoms with Crippen molar-refractivity contribution in [2.45, 2.75) is 39.2 Å². The number of benzene rings is 1. The van der Waals surface area contributed by atoms with Crippen molar-refractivity contribution < 1.29 is 4.79 Å². The Morgan fingerprint density at radius 2 is 2.06 bits per heavy atom. The highest BCUT2D eigenvalue weighted by Crippen LogP contribution is 2.23. The summed E-state index contributed by atoms with van der Waals surface area (Å²) in [5, 5.41) is 3.13. The van der Waals surface area contributed by atoms with E-state index in [-0.39, 0.29) is 11.9 Å². The maximum absolute atomic E-state index is 12.1. The molecule has 1 aromatic carbocycles. The number of halogens is 1. The van der Waals surface area contributed by atoms with Crippen molar-refractivity contribution in [1.29, 1.82) is 0 Å². The Hall–Kier alpha value is -1.02. The molecule has 0 saturated carbocycles. The fraction of sp³-hybridized carbons (Fsp3) is 0.533. The third kappa shape index (κ3) is 2.86. The summed E-state index contributed by atoms with van der Waals surface area (Å²) in [5.74, 6) is 0.407. The van der Waals surface area contributed by atoms with Crippen LogP contribution >= 0.6 is 11.6 Å². The molecular weight excluding hydrogens is 246 g/mol. The van der Waals surface area contributed by atoms with Gasteiger partial charge >= 0.3 is 0 Å². The van der Waals surface area contributed by atoms with E-state index in [1.165, 1.54) is 11.1 Å². The maximum Gasteiger partial charge on any atom is 0.227 e. The largest absolute Gasteiger partial charge is 0.353 e. The molecule has 0 aliphatic heterocycles. The molecule has 18 heavy (non-hydrogen) atoms. The molecule has 1 aromatic rings. The average Bonchev–Trinajstić information content (AvgIpc) is 2.38. The van der Waals surface area contributed by atoms with Crippen molar-refractivity contribution in [3.63, 3.8) is 0 Å². The molecule has 0 saturated heterocycles. The number of carbonyl (C=O) groups is 1. The van der Waals surface area contributed by atoms with E-state index in [0.717, 1.165) is 19.3 Å². The normalized spacial score (nSPS) is 19.2. The van der Waals surface area contributed by atoms with Gasteiger partial charge in [-0.05, 0) is 44.2 Å². The molecule has 0 bridgehead atoms. The standard InChI is InChI=1S/C15H20ClNO/c1-15(2,10-16)14(18)17-13-8-7-11-5-3-4-6-12(11)9-13/h3-6,13H,7-10H2,1-2H3,(H,17,18). The summed E-state index contributed by atoms with van der Waals surface area (Å²) >= 11 is 5.83. The molecule has 1 N–H and O–H groups in total. The number of aryl methyl sites for hydroxylation is 1. The van der Waals surface area contributed by atoms with Gasteiger partial charge in [0.2, 0.25) is 5.91 Å². The van der Waals surface area contributed by atoms with Gasteiger partial charge in [-0.1, -0.05) is 24.3 Å². The highest BCUT2D eigenvalue weighted by atomic mass is 35.5. The molecule has 1 aliphatic rings. The third-order valence-corrected chi connectivity index (χ3v) is 4.30. The second-order valence-corrected chi connectivity index (χ2v) is 5.97. The zero-order valence-corrected chi connectivity index (χ0v) is 11.8. The number of alkyl halides is 1. The van der Waals surface area contributed by atoms with Crippen LogP contribution in [0.25, 0.3) is 0 Å². The fourth-order valence-corrected chi connectivity index (χ4v) is 2.38. The Morgan fingerprint density at radius 3 is 2.72 bits per heavy atom. The zero-order chi connectivity index (χ0) is 13.2. The van der Waals surface area contributed by atoms with Gasteiger partial charge in [-0.15, -0.1) is 11.6 Å². The molecule has 3 heteroatoms. The summed E-state index contributed by atoms with van der Waals surface area (Å²) < 4.78 is 0. The number of nitrogens with one attached hydrogen (secondary N) is 1. The SMILES string of the molecule is CC(C)(CCl)C(=O)NC1CCc2ccccc2C1. The lowest BCUT2D eigenvalue weighted by Gasteiger charge is -2.29. The minimum absolute atomic E-state index is 0.0573. The van der Waals surface area contributed by atoms with Crippen LogP contribution in [0.4, 0.5) is 0 Å². The van der Waals surface area contributed by atoms with Gasteiger partial charge in [0.1, 0.15) is 0 Å². The Balaban J connectivity index is 2.00. The van der Waals surface area contributed by atoms with E-state index in [0.29, 0.717) is 5.88 Å². The topological polar surface area (TPSA) is 29.1 Å². The molecule has 1 amide bonds. The lowest BCUT2D eigenvalue weighted by atomic mass is 9.87. The lowest BCUT2D eigenvalue weighted by molar-refractivity contribution is -0.129. The van der Waals surface area contributed by atoms with Gasteiger partial charge in [0.05, 0.1) is 5.41 Å². The molecule has 0 fully saturated rings. The molecule has 2 nitrogen and oxygen atoms in total. The van der Waals surface area contributed by atoms with Crippen molar-refractivity contribution >= 4 is 17.5 Å². The van der Waals surface area contributed by atoms with Crippen molar-refractivity contribution in [2.24, 2.45) is 5.41 Å². The molecule has 1 atom stereocenters. The Kier molecular flexibility index (Phi) is 3.96. The van der Waals surface area contributed by atoms with Crippen molar-refractivity contribution in [2.75, 3.05) is 5.88 Å². The molecule has 2 rings (SSSR count). The number of rotatable bonds is 3. The van der Waals surface area contributed by atoms with Crippen molar-refractivity contribution in [3.05, 3.63) is 35.4 Å². The Labute approximate surface area is 114 Å². The summed E-state index contributed by atoms with van der Waals surface area (Å²) in [5.41, 5.74) is 2.29. The van der Waals surface area contributed by atoms with E-state index in [2.05, 4.69) is 29.6 Å². The van der Waals surface area contributed by atoms with Crippen LogP contribution in [0.15, 0.2) is 24.3 Å². The first-order valence-corrected chi connectivity index (χ1v) is 7.00. The molecule has 0 heterocycles. The van der Waals surface area contributed by atoms with E-state index in [1.54, 1.807) is 0 Å². The van der Waals surface area contributed by atoms with E-state index < -0.39 is 5.41 Å². The van der Waals surface area contributed by atoms with Gasteiger partial charge in [-0.3, -0.25) is 4.79 Å². The first-order chi connectivity index (χ1) is 8.53. The highest BCUT2D eigenvalue weighted by molar-refractivity contribution is 6.19. The van der Waals surface area contributed by atoms with Crippen LogP contribution < -0.4 is 5.32 Å². The number of fused-ring (bicyclic) bond motifs is 1. The third-order valence-electron chi connectivity index (χ3n) is 3.63. The van der Waals surface area contributed by atoms with Crippen molar-refractivity contribution in [3.8, 4) is 0 Å². The minimum Gasteiger partial charge on any atom is -0.353 e. The van der Waals surface area contributed by atoms with Gasteiger partial charge in [-0.2, -0.15) is 0 Å². The molecule has 98 valence electrons. The summed E-state index contributed by atoms with van der Waals surface area (Å²) in [7, 11) is 0. The highest BCUT2D eigenvalue weighted by Gasteiger charge is 2.29. The summed E-state index contributed by atoms with van der Waals surface area (Å²) in [6, 6.07) is 8.71. The molecular formula is C15H20ClNO. The van der Waals surface area contributed by atoms with E-state index in [4.69, 9.17) is 11.6 Å². The average molecular weight is 266 g/mol. The first-order valence-electron chi connectivity index (χ1n) is 6.46. The number of amides is 1. The van der Waals surface area contributed by atoms with Crippen LogP contribution in [-0.2, 0) is 17.6 Å². The molecule has 0 radical (unpaired) electrons. The summed E-state index contributed by atoms with van der Waals surface area (Å²) in [6.07, 6.45) is 2.99. The van der Waals surface area contributed by atoms with Crippen LogP contribution in [0, 0.1) is 5.41 Å². The van der Waals surface area contributed by atoms with Gasteiger partial charge in [0.25, 0.3) is 0 Å². The summed E-state index contributed by atoms with van der Waals surface area (Å²) in [4.78, 5) is 12.1. The molecule has 0 aromatic heterocycles. The molecule has 0 spiro atoms. The van der Waals surface area contributed by atoms with Gasteiger partial charge in [0, 0.05) is 11.9 Å². The van der Waals surface area contributed by atoms with Crippen LogP contribution in [0.2, 0.25) is 0 Å². The van der Waals surface area contributed by atoms with Crippen LogP contribution in [-0.4, -0.2) is 17.8 Å². The second-order valence-electron chi connectivity index (χ2n) is 5.70. The fourth-order valence-electron chi connectivity index (χ4n) is 2.26. The van der Waals surface area contributed by atoms with Gasteiger partial charge in [0.15, 0.2) is 0 Å². The van der Waals surface area contributed by atoms with E-state index in [1.807, 2.05) is 13.8 Å². The minimum atomic E-state index is -0.488. The number of hydrogen-bond acceptors (Lipinski definition) is 1. The quantitative estimate of drug-likeness (QED) is 0.837. The van der Waals surface area contributed by atoms with Crippen LogP contribution in [0.5, 0.6) is 0 Å². The summed E-state index contributed by atoms with van der Waals surface area (Å²) in [6.45, 7) is 3.76. The van der Waals surface area contributed by atoms with Crippen LogP contribution in [0.1, 0.15) is 31.4 Å². The predicted molar refractivity (Wildman–Crippen MR) is 74.9 cm³/mol. The molecule has 1 unspecified atom stereocenters. The lowest BCUT2D eigenvalue weighted by Crippen LogP contribution is -2.45. The van der Waals surface area contributed by atoms with Gasteiger partial charge in [-0.25, -0.2) is 0 Å². The smallest absolute Gasteiger partial charge is 0.227 e. The number of hydrogen-bond donors (Lipinski definition) is 1. The van der Waals surface area contributed by atoms with Crippen LogP contribution in [0.3, 0.4) is 0 Å². The maximum atomic E-state index is 12.1. The molecule has 1 aliphatic carbocycles. The van der Waals surface area contributed by atoms with Crippen molar-refractivity contribution in [1.82, 2.24) is 5.32 Å². The second kappa shape index (κ2) is 5.31.